The van der Waals surface area contributed by atoms with Crippen LogP contribution < -0.4 is 5.32 Å². The van der Waals surface area contributed by atoms with Gasteiger partial charge in [-0.05, 0) is 44.0 Å². The molecule has 21 heavy (non-hydrogen) atoms. The zero-order valence-corrected chi connectivity index (χ0v) is 12.6. The maximum atomic E-state index is 12.5. The van der Waals surface area contributed by atoms with Crippen LogP contribution in [0.3, 0.4) is 0 Å². The number of carbonyl (C=O) groups is 1. The number of nitrogens with one attached hydrogen (secondary N) is 1. The highest BCUT2D eigenvalue weighted by Crippen LogP contribution is 2.27. The summed E-state index contributed by atoms with van der Waals surface area (Å²) in [5.74, 6) is 0.630. The fraction of sp³-hybridized carbons (Fsp3) is 0.467. The highest BCUT2D eigenvalue weighted by atomic mass is 35.5. The Balaban J connectivity index is 0.00000132. The number of fused-ring (bicyclic) bond motifs is 4. The van der Waals surface area contributed by atoms with Gasteiger partial charge in [-0.2, -0.15) is 0 Å². The van der Waals surface area contributed by atoms with E-state index in [1.165, 1.54) is 25.9 Å². The predicted molar refractivity (Wildman–Crippen MR) is 82.9 cm³/mol. The van der Waals surface area contributed by atoms with Gasteiger partial charge in [0.2, 0.25) is 0 Å². The summed E-state index contributed by atoms with van der Waals surface area (Å²) >= 11 is 0. The molecular formula is C15H19ClN4O. The smallest absolute Gasteiger partial charge is 0.270 e. The molecule has 2 aromatic rings. The van der Waals surface area contributed by atoms with Gasteiger partial charge >= 0.3 is 0 Å². The van der Waals surface area contributed by atoms with E-state index in [1.54, 1.807) is 6.20 Å². The Morgan fingerprint density at radius 1 is 1.29 bits per heavy atom. The second kappa shape index (κ2) is 5.66. The van der Waals surface area contributed by atoms with Crippen LogP contribution in [-0.2, 0) is 0 Å². The molecule has 0 saturated carbocycles. The first-order valence-corrected chi connectivity index (χ1v) is 7.26. The van der Waals surface area contributed by atoms with Gasteiger partial charge < -0.3 is 10.2 Å². The van der Waals surface area contributed by atoms with Crippen LogP contribution in [0.2, 0.25) is 0 Å². The number of amides is 1. The van der Waals surface area contributed by atoms with Crippen molar-refractivity contribution in [2.75, 3.05) is 19.6 Å². The van der Waals surface area contributed by atoms with Crippen molar-refractivity contribution in [2.24, 2.45) is 5.92 Å². The van der Waals surface area contributed by atoms with Crippen LogP contribution in [0.4, 0.5) is 0 Å². The van der Waals surface area contributed by atoms with E-state index in [1.807, 2.05) is 28.8 Å². The molecule has 3 aliphatic heterocycles. The molecule has 112 valence electrons. The molecule has 5 heterocycles. The molecule has 2 aromatic heterocycles. The summed E-state index contributed by atoms with van der Waals surface area (Å²) in [4.78, 5) is 19.2. The number of rotatable bonds is 2. The SMILES string of the molecule is Cl.O=C(NC1CN2CCC1CC2)c1cnc2ccccn12. The standard InChI is InChI=1S/C15H18N4O.ClH/c20-15(13-9-16-14-3-1-2-6-19(13)14)17-12-10-18-7-4-11(12)5-8-18;/h1-3,6,9,11-12H,4-5,7-8,10H2,(H,17,20);1H. The molecule has 2 bridgehead atoms. The van der Waals surface area contributed by atoms with Crippen molar-refractivity contribution in [3.8, 4) is 0 Å². The number of hydrogen-bond donors (Lipinski definition) is 1. The number of piperidine rings is 3. The Hall–Kier alpha value is -1.59. The molecule has 3 fully saturated rings. The first-order valence-electron chi connectivity index (χ1n) is 7.26. The molecule has 3 saturated heterocycles. The van der Waals surface area contributed by atoms with Crippen molar-refractivity contribution < 1.29 is 4.79 Å². The van der Waals surface area contributed by atoms with Gasteiger partial charge in [-0.15, -0.1) is 12.4 Å². The average Bonchev–Trinajstić information content (AvgIpc) is 2.92. The summed E-state index contributed by atoms with van der Waals surface area (Å²) in [6.07, 6.45) is 5.95. The van der Waals surface area contributed by atoms with Crippen LogP contribution in [0.15, 0.2) is 30.6 Å². The fourth-order valence-corrected chi connectivity index (χ4v) is 3.47. The Bertz CT molecular complexity index is 648. The first kappa shape index (κ1) is 14.4. The molecule has 5 rings (SSSR count). The first-order chi connectivity index (χ1) is 9.81. The molecule has 0 aromatic carbocycles. The third-order valence-electron chi connectivity index (χ3n) is 4.62. The lowest BCUT2D eigenvalue weighted by Gasteiger charge is -2.44. The van der Waals surface area contributed by atoms with Crippen LogP contribution in [0, 0.1) is 5.92 Å². The van der Waals surface area contributed by atoms with Crippen LogP contribution in [0.25, 0.3) is 5.65 Å². The highest BCUT2D eigenvalue weighted by Gasteiger charge is 2.35. The molecule has 0 aliphatic carbocycles. The topological polar surface area (TPSA) is 49.6 Å². The highest BCUT2D eigenvalue weighted by molar-refractivity contribution is 5.93. The van der Waals surface area contributed by atoms with Gasteiger partial charge in [0.05, 0.1) is 6.20 Å². The summed E-state index contributed by atoms with van der Waals surface area (Å²) in [5.41, 5.74) is 1.43. The van der Waals surface area contributed by atoms with E-state index in [4.69, 9.17) is 0 Å². The summed E-state index contributed by atoms with van der Waals surface area (Å²) < 4.78 is 1.84. The number of carbonyl (C=O) groups excluding carboxylic acids is 1. The van der Waals surface area contributed by atoms with Crippen molar-refractivity contribution in [1.82, 2.24) is 19.6 Å². The van der Waals surface area contributed by atoms with Gasteiger partial charge in [-0.1, -0.05) is 6.07 Å². The maximum Gasteiger partial charge on any atom is 0.270 e. The van der Waals surface area contributed by atoms with Gasteiger partial charge in [-0.25, -0.2) is 4.98 Å². The molecule has 3 aliphatic rings. The average molecular weight is 307 g/mol. The van der Waals surface area contributed by atoms with Crippen LogP contribution >= 0.6 is 12.4 Å². The number of aromatic nitrogens is 2. The molecule has 1 N–H and O–H groups in total. The minimum absolute atomic E-state index is 0. The van der Waals surface area contributed by atoms with Crippen molar-refractivity contribution in [1.29, 1.82) is 0 Å². The van der Waals surface area contributed by atoms with Gasteiger partial charge in [0.25, 0.3) is 5.91 Å². The van der Waals surface area contributed by atoms with Crippen LogP contribution in [0.1, 0.15) is 23.3 Å². The van der Waals surface area contributed by atoms with Crippen molar-refractivity contribution in [3.63, 3.8) is 0 Å². The summed E-state index contributed by atoms with van der Waals surface area (Å²) in [6, 6.07) is 6.04. The molecular weight excluding hydrogens is 288 g/mol. The Kier molecular flexibility index (Phi) is 3.87. The largest absolute Gasteiger partial charge is 0.346 e. The van der Waals surface area contributed by atoms with Gasteiger partial charge in [0.15, 0.2) is 0 Å². The zero-order chi connectivity index (χ0) is 13.5. The van der Waals surface area contributed by atoms with Crippen molar-refractivity contribution >= 4 is 24.0 Å². The lowest BCUT2D eigenvalue weighted by atomic mass is 9.84. The molecule has 0 radical (unpaired) electrons. The number of halogens is 1. The third-order valence-corrected chi connectivity index (χ3v) is 4.62. The van der Waals surface area contributed by atoms with Crippen LogP contribution in [-0.4, -0.2) is 45.9 Å². The van der Waals surface area contributed by atoms with Crippen molar-refractivity contribution in [2.45, 2.75) is 18.9 Å². The van der Waals surface area contributed by atoms with Gasteiger partial charge in [0, 0.05) is 18.8 Å². The quantitative estimate of drug-likeness (QED) is 0.916. The fourth-order valence-electron chi connectivity index (χ4n) is 3.47. The summed E-state index contributed by atoms with van der Waals surface area (Å²) in [6.45, 7) is 3.37. The lowest BCUT2D eigenvalue weighted by molar-refractivity contribution is 0.0617. The van der Waals surface area contributed by atoms with Crippen LogP contribution in [0.5, 0.6) is 0 Å². The third kappa shape index (κ3) is 2.51. The van der Waals surface area contributed by atoms with E-state index >= 15 is 0 Å². The number of hydrogen-bond acceptors (Lipinski definition) is 3. The Morgan fingerprint density at radius 3 is 2.81 bits per heavy atom. The van der Waals surface area contributed by atoms with E-state index in [0.29, 0.717) is 17.7 Å². The summed E-state index contributed by atoms with van der Waals surface area (Å²) in [5, 5.41) is 3.20. The maximum absolute atomic E-state index is 12.5. The minimum atomic E-state index is -0.0116. The molecule has 0 spiro atoms. The number of imidazole rings is 1. The monoisotopic (exact) mass is 306 g/mol. The second-order valence-corrected chi connectivity index (χ2v) is 5.79. The molecule has 1 unspecified atom stereocenters. The van der Waals surface area contributed by atoms with Crippen molar-refractivity contribution in [3.05, 3.63) is 36.3 Å². The molecule has 1 atom stereocenters. The Morgan fingerprint density at radius 2 is 2.10 bits per heavy atom. The van der Waals surface area contributed by atoms with E-state index < -0.39 is 0 Å². The molecule has 1 amide bonds. The minimum Gasteiger partial charge on any atom is -0.346 e. The molecule has 6 heteroatoms. The van der Waals surface area contributed by atoms with E-state index in [-0.39, 0.29) is 18.3 Å². The number of pyridine rings is 1. The van der Waals surface area contributed by atoms with Gasteiger partial charge in [0.1, 0.15) is 11.3 Å². The van der Waals surface area contributed by atoms with E-state index in [2.05, 4.69) is 15.2 Å². The normalized spacial score (nSPS) is 27.3. The van der Waals surface area contributed by atoms with E-state index in [0.717, 1.165) is 12.2 Å². The van der Waals surface area contributed by atoms with E-state index in [9.17, 15) is 4.79 Å². The van der Waals surface area contributed by atoms with Gasteiger partial charge in [-0.3, -0.25) is 9.20 Å². The number of nitrogens with zero attached hydrogens (tertiary/aromatic N) is 3. The zero-order valence-electron chi connectivity index (χ0n) is 11.7. The second-order valence-electron chi connectivity index (χ2n) is 5.79. The Labute approximate surface area is 129 Å². The summed E-state index contributed by atoms with van der Waals surface area (Å²) in [7, 11) is 0. The molecule has 5 nitrogen and oxygen atoms in total. The lowest BCUT2D eigenvalue weighted by Crippen LogP contribution is -2.57. The predicted octanol–water partition coefficient (Wildman–Crippen LogP) is 1.58.